The summed E-state index contributed by atoms with van der Waals surface area (Å²) in [5.74, 6) is -1.61. The number of nitrogens with zero attached hydrogens (tertiary/aromatic N) is 2. The standard InChI is InChI=1S/C13H13IN4O3/c1-18-6-7(5-16-18)11(15)12(19)17-10-3-2-8(14)4-9(10)13(20)21/h2-6,11H,15H2,1H3,(H,17,19)(H,20,21). The van der Waals surface area contributed by atoms with Crippen LogP contribution in [0.2, 0.25) is 0 Å². The van der Waals surface area contributed by atoms with Gasteiger partial charge in [0.2, 0.25) is 5.91 Å². The molecular formula is C13H13IN4O3. The van der Waals surface area contributed by atoms with Gasteiger partial charge in [-0.15, -0.1) is 0 Å². The fourth-order valence-corrected chi connectivity index (χ4v) is 2.26. The van der Waals surface area contributed by atoms with Crippen LogP contribution in [0.25, 0.3) is 0 Å². The van der Waals surface area contributed by atoms with Gasteiger partial charge in [0.15, 0.2) is 0 Å². The number of aryl methyl sites for hydroxylation is 1. The van der Waals surface area contributed by atoms with E-state index in [0.29, 0.717) is 5.56 Å². The van der Waals surface area contributed by atoms with Gasteiger partial charge in [-0.1, -0.05) is 0 Å². The summed E-state index contributed by atoms with van der Waals surface area (Å²) in [6.07, 6.45) is 3.13. The SMILES string of the molecule is Cn1cc(C(N)C(=O)Nc2ccc(I)cc2C(=O)O)cn1. The summed E-state index contributed by atoms with van der Waals surface area (Å²) in [6, 6.07) is 3.81. The molecule has 2 aromatic rings. The number of rotatable bonds is 4. The van der Waals surface area contributed by atoms with Crippen molar-refractivity contribution < 1.29 is 14.7 Å². The van der Waals surface area contributed by atoms with Crippen LogP contribution in [-0.2, 0) is 11.8 Å². The van der Waals surface area contributed by atoms with Crippen molar-refractivity contribution in [3.63, 3.8) is 0 Å². The van der Waals surface area contributed by atoms with Crippen LogP contribution in [0.4, 0.5) is 5.69 Å². The molecule has 0 aliphatic heterocycles. The third kappa shape index (κ3) is 3.58. The van der Waals surface area contributed by atoms with E-state index >= 15 is 0 Å². The van der Waals surface area contributed by atoms with Crippen molar-refractivity contribution in [2.75, 3.05) is 5.32 Å². The van der Waals surface area contributed by atoms with Crippen molar-refractivity contribution in [2.45, 2.75) is 6.04 Å². The summed E-state index contributed by atoms with van der Waals surface area (Å²) in [4.78, 5) is 23.3. The van der Waals surface area contributed by atoms with Crippen LogP contribution in [0.5, 0.6) is 0 Å². The number of carbonyl (C=O) groups excluding carboxylic acids is 1. The largest absolute Gasteiger partial charge is 0.478 e. The Morgan fingerprint density at radius 2 is 2.19 bits per heavy atom. The van der Waals surface area contributed by atoms with Crippen LogP contribution in [0.1, 0.15) is 22.0 Å². The first kappa shape index (κ1) is 15.4. The molecule has 1 atom stereocenters. The predicted octanol–water partition coefficient (Wildman–Crippen LogP) is 1.36. The van der Waals surface area contributed by atoms with Gasteiger partial charge in [-0.05, 0) is 40.8 Å². The van der Waals surface area contributed by atoms with Gasteiger partial charge in [0, 0.05) is 22.4 Å². The van der Waals surface area contributed by atoms with Crippen molar-refractivity contribution >= 4 is 40.2 Å². The molecule has 110 valence electrons. The number of benzene rings is 1. The lowest BCUT2D eigenvalue weighted by atomic mass is 10.1. The number of hydrogen-bond donors (Lipinski definition) is 3. The maximum absolute atomic E-state index is 12.1. The van der Waals surface area contributed by atoms with E-state index in [0.717, 1.165) is 3.57 Å². The molecule has 1 heterocycles. The monoisotopic (exact) mass is 400 g/mol. The molecule has 8 heteroatoms. The lowest BCUT2D eigenvalue weighted by Gasteiger charge is -2.12. The van der Waals surface area contributed by atoms with Crippen LogP contribution >= 0.6 is 22.6 Å². The van der Waals surface area contributed by atoms with Crippen LogP contribution in [0, 0.1) is 3.57 Å². The van der Waals surface area contributed by atoms with E-state index in [1.807, 2.05) is 22.6 Å². The summed E-state index contributed by atoms with van der Waals surface area (Å²) in [5.41, 5.74) is 6.63. The van der Waals surface area contributed by atoms with Gasteiger partial charge in [0.05, 0.1) is 17.4 Å². The van der Waals surface area contributed by atoms with E-state index in [1.54, 1.807) is 25.4 Å². The fourth-order valence-electron chi connectivity index (χ4n) is 1.77. The van der Waals surface area contributed by atoms with Gasteiger partial charge in [0.1, 0.15) is 6.04 Å². The Bertz CT molecular complexity index is 698. The number of carboxylic acids is 1. The fraction of sp³-hybridized carbons (Fsp3) is 0.154. The van der Waals surface area contributed by atoms with Gasteiger partial charge < -0.3 is 16.2 Å². The van der Waals surface area contributed by atoms with Crippen molar-refractivity contribution in [3.8, 4) is 0 Å². The summed E-state index contributed by atoms with van der Waals surface area (Å²) < 4.78 is 2.30. The number of amides is 1. The average Bonchev–Trinajstić information content (AvgIpc) is 2.86. The smallest absolute Gasteiger partial charge is 0.337 e. The molecule has 0 saturated heterocycles. The molecule has 0 radical (unpaired) electrons. The summed E-state index contributed by atoms with van der Waals surface area (Å²) in [6.45, 7) is 0. The number of nitrogens with one attached hydrogen (secondary N) is 1. The van der Waals surface area contributed by atoms with E-state index in [1.165, 1.54) is 16.9 Å². The second-order valence-electron chi connectivity index (χ2n) is 4.41. The Kier molecular flexibility index (Phi) is 4.58. The highest BCUT2D eigenvalue weighted by molar-refractivity contribution is 14.1. The third-order valence-corrected chi connectivity index (χ3v) is 3.51. The number of nitrogens with two attached hydrogens (primary N) is 1. The molecule has 0 saturated carbocycles. The first-order valence-corrected chi connectivity index (χ1v) is 7.04. The number of halogens is 1. The van der Waals surface area contributed by atoms with E-state index in [9.17, 15) is 9.59 Å². The Morgan fingerprint density at radius 1 is 1.48 bits per heavy atom. The minimum atomic E-state index is -1.11. The predicted molar refractivity (Wildman–Crippen MR) is 84.9 cm³/mol. The zero-order valence-corrected chi connectivity index (χ0v) is 13.2. The minimum absolute atomic E-state index is 0.0219. The van der Waals surface area contributed by atoms with Crippen LogP contribution < -0.4 is 11.1 Å². The molecule has 7 nitrogen and oxygen atoms in total. The molecule has 0 bridgehead atoms. The zero-order chi connectivity index (χ0) is 15.6. The van der Waals surface area contributed by atoms with Crippen molar-refractivity contribution in [3.05, 3.63) is 45.3 Å². The van der Waals surface area contributed by atoms with E-state index < -0.39 is 17.9 Å². The molecule has 0 spiro atoms. The van der Waals surface area contributed by atoms with Crippen LogP contribution in [0.15, 0.2) is 30.6 Å². The molecule has 1 aromatic heterocycles. The minimum Gasteiger partial charge on any atom is -0.478 e. The number of carbonyl (C=O) groups is 2. The maximum Gasteiger partial charge on any atom is 0.337 e. The normalized spacial score (nSPS) is 12.0. The Hall–Kier alpha value is -1.94. The summed E-state index contributed by atoms with van der Waals surface area (Å²) >= 11 is 2.00. The molecule has 4 N–H and O–H groups in total. The second kappa shape index (κ2) is 6.22. The van der Waals surface area contributed by atoms with E-state index in [4.69, 9.17) is 10.8 Å². The molecule has 2 rings (SSSR count). The van der Waals surface area contributed by atoms with Crippen molar-refractivity contribution in [1.29, 1.82) is 0 Å². The number of hydrogen-bond acceptors (Lipinski definition) is 4. The molecule has 0 fully saturated rings. The van der Waals surface area contributed by atoms with Crippen LogP contribution in [0.3, 0.4) is 0 Å². The van der Waals surface area contributed by atoms with Crippen molar-refractivity contribution in [2.24, 2.45) is 12.8 Å². The highest BCUT2D eigenvalue weighted by Gasteiger charge is 2.20. The third-order valence-electron chi connectivity index (χ3n) is 2.84. The highest BCUT2D eigenvalue weighted by Crippen LogP contribution is 2.20. The molecule has 1 unspecified atom stereocenters. The number of aromatic carboxylic acids is 1. The number of anilines is 1. The van der Waals surface area contributed by atoms with E-state index in [-0.39, 0.29) is 11.3 Å². The van der Waals surface area contributed by atoms with Gasteiger partial charge in [0.25, 0.3) is 0 Å². The highest BCUT2D eigenvalue weighted by atomic mass is 127. The molecule has 21 heavy (non-hydrogen) atoms. The molecule has 0 aliphatic rings. The Labute approximate surface area is 134 Å². The second-order valence-corrected chi connectivity index (χ2v) is 5.65. The van der Waals surface area contributed by atoms with Gasteiger partial charge in [-0.3, -0.25) is 9.48 Å². The number of carboxylic acid groups (broad SMARTS) is 1. The summed E-state index contributed by atoms with van der Waals surface area (Å²) in [5, 5.41) is 15.7. The topological polar surface area (TPSA) is 110 Å². The van der Waals surface area contributed by atoms with Crippen LogP contribution in [-0.4, -0.2) is 26.8 Å². The first-order chi connectivity index (χ1) is 9.88. The lowest BCUT2D eigenvalue weighted by Crippen LogP contribution is -2.28. The molecule has 1 amide bonds. The van der Waals surface area contributed by atoms with Crippen molar-refractivity contribution in [1.82, 2.24) is 9.78 Å². The van der Waals surface area contributed by atoms with Gasteiger partial charge >= 0.3 is 5.97 Å². The molecule has 1 aromatic carbocycles. The Morgan fingerprint density at radius 3 is 2.76 bits per heavy atom. The summed E-state index contributed by atoms with van der Waals surface area (Å²) in [7, 11) is 1.72. The first-order valence-electron chi connectivity index (χ1n) is 5.96. The van der Waals surface area contributed by atoms with Gasteiger partial charge in [-0.25, -0.2) is 4.79 Å². The molecular weight excluding hydrogens is 387 g/mol. The average molecular weight is 400 g/mol. The quantitative estimate of drug-likeness (QED) is 0.672. The Balaban J connectivity index is 2.22. The number of aromatic nitrogens is 2. The van der Waals surface area contributed by atoms with Gasteiger partial charge in [-0.2, -0.15) is 5.10 Å². The zero-order valence-electron chi connectivity index (χ0n) is 11.1. The molecule has 0 aliphatic carbocycles. The maximum atomic E-state index is 12.1. The van der Waals surface area contributed by atoms with E-state index in [2.05, 4.69) is 10.4 Å². The lowest BCUT2D eigenvalue weighted by molar-refractivity contribution is -0.117.